The van der Waals surface area contributed by atoms with Crippen LogP contribution in [-0.4, -0.2) is 34.6 Å². The van der Waals surface area contributed by atoms with E-state index in [2.05, 4.69) is 52.9 Å². The Balaban J connectivity index is 2.70. The fourth-order valence-corrected chi connectivity index (χ4v) is 2.29. The first-order valence-corrected chi connectivity index (χ1v) is 8.14. The molecule has 0 spiro atoms. The number of nitrogens with one attached hydrogen (secondary N) is 1. The van der Waals surface area contributed by atoms with Crippen molar-refractivity contribution < 1.29 is 0 Å². The highest BCUT2D eigenvalue weighted by molar-refractivity contribution is 5.41. The monoisotopic (exact) mass is 294 g/mol. The van der Waals surface area contributed by atoms with Gasteiger partial charge >= 0.3 is 0 Å². The lowest BCUT2D eigenvalue weighted by molar-refractivity contribution is 0.471. The average molecular weight is 294 g/mol. The molecule has 0 fully saturated rings. The molecule has 0 bridgehead atoms. The van der Waals surface area contributed by atoms with Crippen LogP contribution in [0.4, 0.5) is 17.8 Å². The predicted octanol–water partition coefficient (Wildman–Crippen LogP) is 2.93. The molecule has 6 nitrogen and oxygen atoms in total. The molecule has 1 heterocycles. The largest absolute Gasteiger partial charge is 0.368 e. The average Bonchev–Trinajstić information content (AvgIpc) is 2.48. The number of nitrogen functional groups attached to an aromatic ring is 1. The van der Waals surface area contributed by atoms with Gasteiger partial charge in [0, 0.05) is 19.6 Å². The molecular formula is C15H30N6. The number of nitrogens with two attached hydrogens (primary N) is 1. The summed E-state index contributed by atoms with van der Waals surface area (Å²) in [5.41, 5.74) is 5.80. The van der Waals surface area contributed by atoms with E-state index in [4.69, 9.17) is 5.73 Å². The molecule has 21 heavy (non-hydrogen) atoms. The van der Waals surface area contributed by atoms with Gasteiger partial charge in [-0.05, 0) is 26.2 Å². The van der Waals surface area contributed by atoms with E-state index in [-0.39, 0.29) is 5.95 Å². The zero-order chi connectivity index (χ0) is 15.7. The molecule has 3 N–H and O–H groups in total. The number of hydrogen-bond acceptors (Lipinski definition) is 6. The number of hydrogen-bond donors (Lipinski definition) is 2. The molecule has 6 heteroatoms. The second-order valence-corrected chi connectivity index (χ2v) is 5.29. The minimum absolute atomic E-state index is 0.274. The van der Waals surface area contributed by atoms with Crippen molar-refractivity contribution in [1.29, 1.82) is 0 Å². The first-order chi connectivity index (χ1) is 10.1. The van der Waals surface area contributed by atoms with E-state index >= 15 is 0 Å². The Morgan fingerprint density at radius 1 is 1.10 bits per heavy atom. The van der Waals surface area contributed by atoms with Crippen molar-refractivity contribution >= 4 is 17.8 Å². The van der Waals surface area contributed by atoms with E-state index in [0.717, 1.165) is 26.1 Å². The summed E-state index contributed by atoms with van der Waals surface area (Å²) in [4.78, 5) is 14.9. The number of unbranched alkanes of at least 4 members (excludes halogenated alkanes) is 1. The highest BCUT2D eigenvalue weighted by Crippen LogP contribution is 2.15. The first-order valence-electron chi connectivity index (χ1n) is 8.14. The van der Waals surface area contributed by atoms with Gasteiger partial charge < -0.3 is 16.0 Å². The van der Waals surface area contributed by atoms with Gasteiger partial charge in [-0.3, -0.25) is 0 Å². The maximum atomic E-state index is 5.80. The van der Waals surface area contributed by atoms with E-state index in [1.165, 1.54) is 19.3 Å². The molecule has 1 rings (SSSR count). The molecule has 1 aromatic heterocycles. The zero-order valence-electron chi connectivity index (χ0n) is 13.9. The second-order valence-electron chi connectivity index (χ2n) is 5.29. The third-order valence-electron chi connectivity index (χ3n) is 3.78. The van der Waals surface area contributed by atoms with Crippen molar-refractivity contribution in [2.45, 2.75) is 53.4 Å². The van der Waals surface area contributed by atoms with E-state index in [9.17, 15) is 0 Å². The fourth-order valence-electron chi connectivity index (χ4n) is 2.29. The number of aromatic nitrogens is 3. The summed E-state index contributed by atoms with van der Waals surface area (Å²) in [6, 6.07) is 0. The number of rotatable bonds is 10. The van der Waals surface area contributed by atoms with Crippen LogP contribution >= 0.6 is 0 Å². The summed E-state index contributed by atoms with van der Waals surface area (Å²) < 4.78 is 0. The summed E-state index contributed by atoms with van der Waals surface area (Å²) in [6.07, 6.45) is 4.91. The summed E-state index contributed by atoms with van der Waals surface area (Å²) in [5, 5.41) is 3.32. The van der Waals surface area contributed by atoms with Crippen LogP contribution < -0.4 is 16.0 Å². The van der Waals surface area contributed by atoms with E-state index in [1.54, 1.807) is 0 Å². The summed E-state index contributed by atoms with van der Waals surface area (Å²) in [6.45, 7) is 11.2. The van der Waals surface area contributed by atoms with Gasteiger partial charge in [-0.25, -0.2) is 0 Å². The van der Waals surface area contributed by atoms with Crippen molar-refractivity contribution in [2.75, 3.05) is 35.6 Å². The smallest absolute Gasteiger partial charge is 0.231 e. The molecule has 0 saturated heterocycles. The highest BCUT2D eigenvalue weighted by Gasteiger charge is 2.11. The van der Waals surface area contributed by atoms with Crippen LogP contribution in [0, 0.1) is 5.92 Å². The molecule has 0 saturated carbocycles. The Hall–Kier alpha value is -1.59. The third-order valence-corrected chi connectivity index (χ3v) is 3.78. The van der Waals surface area contributed by atoms with Crippen molar-refractivity contribution in [3.05, 3.63) is 0 Å². The van der Waals surface area contributed by atoms with Crippen molar-refractivity contribution in [3.8, 4) is 0 Å². The molecule has 0 aliphatic carbocycles. The van der Waals surface area contributed by atoms with Crippen LogP contribution in [0.25, 0.3) is 0 Å². The minimum Gasteiger partial charge on any atom is -0.368 e. The summed E-state index contributed by atoms with van der Waals surface area (Å²) in [5.74, 6) is 2.16. The summed E-state index contributed by atoms with van der Waals surface area (Å²) in [7, 11) is 0. The SMILES string of the molecule is CCCCC(CC)CNc1nc(N)nc(N(CC)CC)n1. The van der Waals surface area contributed by atoms with Gasteiger partial charge in [0.1, 0.15) is 0 Å². The van der Waals surface area contributed by atoms with Crippen molar-refractivity contribution in [1.82, 2.24) is 15.0 Å². The molecule has 1 aromatic rings. The van der Waals surface area contributed by atoms with Crippen molar-refractivity contribution in [3.63, 3.8) is 0 Å². The number of anilines is 3. The van der Waals surface area contributed by atoms with Crippen LogP contribution in [0.1, 0.15) is 53.4 Å². The van der Waals surface area contributed by atoms with E-state index in [1.807, 2.05) is 0 Å². The van der Waals surface area contributed by atoms with Gasteiger partial charge in [-0.2, -0.15) is 15.0 Å². The quantitative estimate of drug-likeness (QED) is 0.690. The maximum Gasteiger partial charge on any atom is 0.231 e. The van der Waals surface area contributed by atoms with Crippen LogP contribution in [0.5, 0.6) is 0 Å². The normalized spacial score (nSPS) is 12.2. The Kier molecular flexibility index (Phi) is 7.79. The lowest BCUT2D eigenvalue weighted by atomic mass is 9.99. The highest BCUT2D eigenvalue weighted by atomic mass is 15.3. The third kappa shape index (κ3) is 5.73. The number of nitrogens with zero attached hydrogens (tertiary/aromatic N) is 4. The van der Waals surface area contributed by atoms with E-state index < -0.39 is 0 Å². The first kappa shape index (κ1) is 17.5. The fraction of sp³-hybridized carbons (Fsp3) is 0.800. The van der Waals surface area contributed by atoms with Gasteiger partial charge in [0.05, 0.1) is 0 Å². The van der Waals surface area contributed by atoms with Gasteiger partial charge in [0.2, 0.25) is 17.8 Å². The van der Waals surface area contributed by atoms with Gasteiger partial charge in [-0.1, -0.05) is 33.1 Å². The Labute approximate surface area is 128 Å². The molecule has 0 radical (unpaired) electrons. The minimum atomic E-state index is 0.274. The molecule has 0 aliphatic heterocycles. The standard InChI is InChI=1S/C15H30N6/c1-5-9-10-12(6-2)11-17-14-18-13(16)19-15(20-14)21(7-3)8-4/h12H,5-11H2,1-4H3,(H3,16,17,18,19,20). The Morgan fingerprint density at radius 3 is 2.38 bits per heavy atom. The molecular weight excluding hydrogens is 264 g/mol. The zero-order valence-corrected chi connectivity index (χ0v) is 13.9. The predicted molar refractivity (Wildman–Crippen MR) is 89.6 cm³/mol. The molecule has 1 atom stereocenters. The van der Waals surface area contributed by atoms with Crippen LogP contribution in [-0.2, 0) is 0 Å². The Bertz CT molecular complexity index is 405. The van der Waals surface area contributed by atoms with Gasteiger partial charge in [0.15, 0.2) is 0 Å². The molecule has 0 amide bonds. The summed E-state index contributed by atoms with van der Waals surface area (Å²) >= 11 is 0. The molecule has 0 aromatic carbocycles. The van der Waals surface area contributed by atoms with Gasteiger partial charge in [0.25, 0.3) is 0 Å². The second kappa shape index (κ2) is 9.37. The lowest BCUT2D eigenvalue weighted by Gasteiger charge is -2.20. The molecule has 1 unspecified atom stereocenters. The van der Waals surface area contributed by atoms with Crippen LogP contribution in [0.2, 0.25) is 0 Å². The topological polar surface area (TPSA) is 80.0 Å². The van der Waals surface area contributed by atoms with E-state index in [0.29, 0.717) is 17.8 Å². The van der Waals surface area contributed by atoms with Gasteiger partial charge in [-0.15, -0.1) is 0 Å². The maximum absolute atomic E-state index is 5.80. The van der Waals surface area contributed by atoms with Crippen LogP contribution in [0.15, 0.2) is 0 Å². The van der Waals surface area contributed by atoms with Crippen molar-refractivity contribution in [2.24, 2.45) is 5.92 Å². The lowest BCUT2D eigenvalue weighted by Crippen LogP contribution is -2.26. The molecule has 0 aliphatic rings. The Morgan fingerprint density at radius 2 is 1.81 bits per heavy atom. The van der Waals surface area contributed by atoms with Crippen LogP contribution in [0.3, 0.4) is 0 Å². The molecule has 120 valence electrons.